The summed E-state index contributed by atoms with van der Waals surface area (Å²) in [6.45, 7) is 6.85. The van der Waals surface area contributed by atoms with Gasteiger partial charge >= 0.3 is 0 Å². The molecule has 18 heavy (non-hydrogen) atoms. The molecule has 2 unspecified atom stereocenters. The standard InChI is InChI=1S/C13H22N4O/c1-9(18)11-5-6-16(7-11)8-13-15-14-10(2)17(13)12-3-4-12/h9,11-12,18H,3-8H2,1-2H3. The zero-order valence-electron chi connectivity index (χ0n) is 11.2. The average molecular weight is 250 g/mol. The number of hydrogen-bond acceptors (Lipinski definition) is 4. The van der Waals surface area contributed by atoms with E-state index >= 15 is 0 Å². The van der Waals surface area contributed by atoms with Crippen molar-refractivity contribution in [3.8, 4) is 0 Å². The number of aliphatic hydroxyl groups is 1. The van der Waals surface area contributed by atoms with Crippen molar-refractivity contribution in [1.29, 1.82) is 0 Å². The zero-order chi connectivity index (χ0) is 12.7. The maximum atomic E-state index is 9.63. The van der Waals surface area contributed by atoms with Gasteiger partial charge in [-0.3, -0.25) is 4.90 Å². The third-order valence-electron chi connectivity index (χ3n) is 4.20. The van der Waals surface area contributed by atoms with E-state index in [1.165, 1.54) is 12.8 Å². The van der Waals surface area contributed by atoms with Gasteiger partial charge in [-0.1, -0.05) is 0 Å². The minimum absolute atomic E-state index is 0.196. The molecule has 5 heteroatoms. The summed E-state index contributed by atoms with van der Waals surface area (Å²) in [5, 5.41) is 18.2. The number of hydrogen-bond donors (Lipinski definition) is 1. The largest absolute Gasteiger partial charge is 0.393 e. The molecule has 1 aromatic heterocycles. The monoisotopic (exact) mass is 250 g/mol. The van der Waals surface area contributed by atoms with E-state index in [0.29, 0.717) is 12.0 Å². The Hall–Kier alpha value is -0.940. The van der Waals surface area contributed by atoms with Crippen LogP contribution in [0.3, 0.4) is 0 Å². The van der Waals surface area contributed by atoms with Crippen LogP contribution in [-0.2, 0) is 6.54 Å². The van der Waals surface area contributed by atoms with Crippen molar-refractivity contribution in [1.82, 2.24) is 19.7 Å². The van der Waals surface area contributed by atoms with Gasteiger partial charge < -0.3 is 9.67 Å². The van der Waals surface area contributed by atoms with Crippen LogP contribution < -0.4 is 0 Å². The van der Waals surface area contributed by atoms with Crippen molar-refractivity contribution in [2.45, 2.75) is 51.8 Å². The molecule has 2 aliphatic rings. The van der Waals surface area contributed by atoms with Crippen LogP contribution in [0.5, 0.6) is 0 Å². The van der Waals surface area contributed by atoms with Gasteiger partial charge in [0.2, 0.25) is 0 Å². The second kappa shape index (κ2) is 4.63. The Morgan fingerprint density at radius 1 is 1.33 bits per heavy atom. The van der Waals surface area contributed by atoms with Crippen LogP contribution >= 0.6 is 0 Å². The minimum atomic E-state index is -0.196. The maximum absolute atomic E-state index is 9.63. The molecule has 0 radical (unpaired) electrons. The van der Waals surface area contributed by atoms with E-state index in [4.69, 9.17) is 0 Å². The van der Waals surface area contributed by atoms with Crippen molar-refractivity contribution in [2.75, 3.05) is 13.1 Å². The van der Waals surface area contributed by atoms with Gasteiger partial charge in [0.15, 0.2) is 0 Å². The van der Waals surface area contributed by atoms with Crippen molar-refractivity contribution in [3.05, 3.63) is 11.6 Å². The second-order valence-electron chi connectivity index (χ2n) is 5.79. The molecule has 1 aliphatic heterocycles. The maximum Gasteiger partial charge on any atom is 0.147 e. The highest BCUT2D eigenvalue weighted by Gasteiger charge is 2.31. The first-order valence-electron chi connectivity index (χ1n) is 6.96. The van der Waals surface area contributed by atoms with Gasteiger partial charge in [-0.05, 0) is 45.6 Å². The van der Waals surface area contributed by atoms with Crippen LogP contribution in [0, 0.1) is 12.8 Å². The molecular weight excluding hydrogens is 228 g/mol. The van der Waals surface area contributed by atoms with Crippen LogP contribution in [0.15, 0.2) is 0 Å². The first-order valence-corrected chi connectivity index (χ1v) is 6.96. The van der Waals surface area contributed by atoms with Gasteiger partial charge in [0, 0.05) is 12.6 Å². The number of aliphatic hydroxyl groups excluding tert-OH is 1. The normalized spacial score (nSPS) is 26.7. The lowest BCUT2D eigenvalue weighted by atomic mass is 10.0. The van der Waals surface area contributed by atoms with Gasteiger partial charge in [-0.2, -0.15) is 0 Å². The van der Waals surface area contributed by atoms with Gasteiger partial charge in [-0.25, -0.2) is 0 Å². The topological polar surface area (TPSA) is 54.2 Å². The summed E-state index contributed by atoms with van der Waals surface area (Å²) in [5.41, 5.74) is 0. The molecule has 0 bridgehead atoms. The van der Waals surface area contributed by atoms with Gasteiger partial charge in [0.05, 0.1) is 12.6 Å². The SMILES string of the molecule is Cc1nnc(CN2CCC(C(C)O)C2)n1C1CC1. The van der Waals surface area contributed by atoms with Crippen LogP contribution in [0.25, 0.3) is 0 Å². The van der Waals surface area contributed by atoms with Gasteiger partial charge in [0.25, 0.3) is 0 Å². The second-order valence-corrected chi connectivity index (χ2v) is 5.79. The van der Waals surface area contributed by atoms with Crippen molar-refractivity contribution in [3.63, 3.8) is 0 Å². The summed E-state index contributed by atoms with van der Waals surface area (Å²) in [4.78, 5) is 2.39. The molecule has 3 rings (SSSR count). The summed E-state index contributed by atoms with van der Waals surface area (Å²) in [6, 6.07) is 0.644. The molecule has 0 amide bonds. The zero-order valence-corrected chi connectivity index (χ0v) is 11.2. The lowest BCUT2D eigenvalue weighted by molar-refractivity contribution is 0.126. The summed E-state index contributed by atoms with van der Waals surface area (Å²) < 4.78 is 2.30. The highest BCUT2D eigenvalue weighted by Crippen LogP contribution is 2.36. The van der Waals surface area contributed by atoms with Gasteiger partial charge in [0.1, 0.15) is 11.6 Å². The Morgan fingerprint density at radius 3 is 2.72 bits per heavy atom. The predicted octanol–water partition coefficient (Wildman–Crippen LogP) is 1.12. The fraction of sp³-hybridized carbons (Fsp3) is 0.846. The number of likely N-dealkylation sites (tertiary alicyclic amines) is 1. The number of aryl methyl sites for hydroxylation is 1. The van der Waals surface area contributed by atoms with Crippen LogP contribution in [-0.4, -0.2) is 44.0 Å². The predicted molar refractivity (Wildman–Crippen MR) is 68.1 cm³/mol. The molecule has 1 saturated heterocycles. The Bertz CT molecular complexity index is 425. The van der Waals surface area contributed by atoms with E-state index in [9.17, 15) is 5.11 Å². The molecule has 2 fully saturated rings. The van der Waals surface area contributed by atoms with E-state index in [1.54, 1.807) is 0 Å². The minimum Gasteiger partial charge on any atom is -0.393 e. The average Bonchev–Trinajstić information content (AvgIpc) is 2.93. The van der Waals surface area contributed by atoms with E-state index in [-0.39, 0.29) is 6.10 Å². The summed E-state index contributed by atoms with van der Waals surface area (Å²) in [7, 11) is 0. The Balaban J connectivity index is 1.67. The molecule has 5 nitrogen and oxygen atoms in total. The Morgan fingerprint density at radius 2 is 2.11 bits per heavy atom. The molecule has 2 heterocycles. The molecule has 1 aromatic rings. The molecule has 0 spiro atoms. The first kappa shape index (κ1) is 12.1. The number of aromatic nitrogens is 3. The number of nitrogens with zero attached hydrogens (tertiary/aromatic N) is 4. The molecular formula is C13H22N4O. The highest BCUT2D eigenvalue weighted by atomic mass is 16.3. The summed E-state index contributed by atoms with van der Waals surface area (Å²) in [5.74, 6) is 2.56. The fourth-order valence-corrected chi connectivity index (χ4v) is 2.93. The summed E-state index contributed by atoms with van der Waals surface area (Å²) in [6.07, 6.45) is 3.43. The Labute approximate surface area is 108 Å². The lowest BCUT2D eigenvalue weighted by Gasteiger charge is -2.17. The van der Waals surface area contributed by atoms with Crippen molar-refractivity contribution >= 4 is 0 Å². The third kappa shape index (κ3) is 2.29. The van der Waals surface area contributed by atoms with E-state index in [1.807, 2.05) is 13.8 Å². The van der Waals surface area contributed by atoms with Crippen LogP contribution in [0.2, 0.25) is 0 Å². The number of rotatable bonds is 4. The van der Waals surface area contributed by atoms with E-state index in [2.05, 4.69) is 19.7 Å². The molecule has 0 aromatic carbocycles. The van der Waals surface area contributed by atoms with Crippen LogP contribution in [0.1, 0.15) is 43.9 Å². The first-order chi connectivity index (χ1) is 8.65. The van der Waals surface area contributed by atoms with Crippen molar-refractivity contribution < 1.29 is 5.11 Å². The highest BCUT2D eigenvalue weighted by molar-refractivity contribution is 5.02. The van der Waals surface area contributed by atoms with Crippen LogP contribution in [0.4, 0.5) is 0 Å². The molecule has 2 atom stereocenters. The smallest absolute Gasteiger partial charge is 0.147 e. The third-order valence-corrected chi connectivity index (χ3v) is 4.20. The summed E-state index contributed by atoms with van der Waals surface area (Å²) >= 11 is 0. The lowest BCUT2D eigenvalue weighted by Crippen LogP contribution is -2.25. The van der Waals surface area contributed by atoms with E-state index in [0.717, 1.165) is 37.7 Å². The quantitative estimate of drug-likeness (QED) is 0.870. The molecule has 1 N–H and O–H groups in total. The van der Waals surface area contributed by atoms with Gasteiger partial charge in [-0.15, -0.1) is 10.2 Å². The molecule has 1 aliphatic carbocycles. The van der Waals surface area contributed by atoms with E-state index < -0.39 is 0 Å². The Kier molecular flexibility index (Phi) is 3.11. The van der Waals surface area contributed by atoms with Crippen molar-refractivity contribution in [2.24, 2.45) is 5.92 Å². The molecule has 100 valence electrons. The fourth-order valence-electron chi connectivity index (χ4n) is 2.93. The molecule has 1 saturated carbocycles.